The lowest BCUT2D eigenvalue weighted by atomic mass is 9.75. The molecule has 4 heteroatoms. The van der Waals surface area contributed by atoms with Gasteiger partial charge in [-0.25, -0.2) is 13.9 Å². The first-order valence-corrected chi connectivity index (χ1v) is 9.51. The number of aryl methyl sites for hydroxylation is 1. The van der Waals surface area contributed by atoms with E-state index in [1.807, 2.05) is 26.1 Å². The molecule has 3 unspecified atom stereocenters. The second-order valence-electron chi connectivity index (χ2n) is 8.04. The molecule has 0 amide bonds. The number of imidazole rings is 1. The van der Waals surface area contributed by atoms with Crippen LogP contribution in [0.4, 0.5) is 0 Å². The van der Waals surface area contributed by atoms with Crippen LogP contribution in [-0.2, 0) is 23.1 Å². The summed E-state index contributed by atoms with van der Waals surface area (Å²) in [6.07, 6.45) is 3.46. The Kier molecular flexibility index (Phi) is 5.16. The van der Waals surface area contributed by atoms with E-state index in [9.17, 15) is 4.79 Å². The van der Waals surface area contributed by atoms with Gasteiger partial charge in [-0.1, -0.05) is 39.3 Å². The van der Waals surface area contributed by atoms with Crippen LogP contribution in [0.15, 0.2) is 24.3 Å². The Morgan fingerprint density at radius 3 is 2.76 bits per heavy atom. The van der Waals surface area contributed by atoms with Crippen molar-refractivity contribution in [2.75, 3.05) is 0 Å². The molecule has 1 aromatic carbocycles. The lowest BCUT2D eigenvalue weighted by Crippen LogP contribution is -2.37. The number of aromatic nitrogens is 2. The zero-order valence-electron chi connectivity index (χ0n) is 16.2. The normalized spacial score (nSPS) is 24.0. The van der Waals surface area contributed by atoms with Crippen LogP contribution in [0.25, 0.3) is 11.0 Å². The summed E-state index contributed by atoms with van der Waals surface area (Å²) in [7, 11) is 2.04. The molecule has 1 aliphatic carbocycles. The van der Waals surface area contributed by atoms with Gasteiger partial charge in [0.15, 0.2) is 17.6 Å². The van der Waals surface area contributed by atoms with Crippen molar-refractivity contribution in [3.05, 3.63) is 30.1 Å². The van der Waals surface area contributed by atoms with Crippen LogP contribution in [0, 0.1) is 24.7 Å². The average molecular weight is 343 g/mol. The third kappa shape index (κ3) is 3.58. The van der Waals surface area contributed by atoms with Crippen LogP contribution in [0.1, 0.15) is 45.9 Å². The molecule has 0 N–H and O–H groups in total. The molecule has 0 spiro atoms. The number of ether oxygens (including phenoxy) is 1. The van der Waals surface area contributed by atoms with Crippen molar-refractivity contribution in [2.24, 2.45) is 24.8 Å². The van der Waals surface area contributed by atoms with Gasteiger partial charge in [-0.3, -0.25) is 0 Å². The molecule has 0 aliphatic heterocycles. The van der Waals surface area contributed by atoms with Gasteiger partial charge in [0.1, 0.15) is 6.10 Å². The Hall–Kier alpha value is -1.84. The van der Waals surface area contributed by atoms with Crippen LogP contribution in [0.5, 0.6) is 0 Å². The Balaban J connectivity index is 1.77. The lowest BCUT2D eigenvalue weighted by molar-refractivity contribution is -0.652. The van der Waals surface area contributed by atoms with Gasteiger partial charge in [-0.05, 0) is 42.7 Å². The number of carbonyl (C=O) groups is 1. The molecule has 0 saturated heterocycles. The van der Waals surface area contributed by atoms with Gasteiger partial charge >= 0.3 is 5.97 Å². The van der Waals surface area contributed by atoms with Gasteiger partial charge < -0.3 is 4.74 Å². The highest BCUT2D eigenvalue weighted by atomic mass is 16.5. The molecule has 0 radical (unpaired) electrons. The minimum atomic E-state index is -0.116. The summed E-state index contributed by atoms with van der Waals surface area (Å²) < 4.78 is 10.2. The van der Waals surface area contributed by atoms with E-state index < -0.39 is 0 Å². The Morgan fingerprint density at radius 1 is 1.32 bits per heavy atom. The molecule has 1 heterocycles. The van der Waals surface area contributed by atoms with E-state index in [1.165, 1.54) is 6.42 Å². The monoisotopic (exact) mass is 343 g/mol. The van der Waals surface area contributed by atoms with Gasteiger partial charge in [0, 0.05) is 6.92 Å². The van der Waals surface area contributed by atoms with Gasteiger partial charge in [0.25, 0.3) is 5.82 Å². The van der Waals surface area contributed by atoms with Crippen molar-refractivity contribution < 1.29 is 14.1 Å². The fraction of sp³-hybridized carbons (Fsp3) is 0.619. The van der Waals surface area contributed by atoms with Crippen molar-refractivity contribution in [3.63, 3.8) is 0 Å². The molecule has 25 heavy (non-hydrogen) atoms. The van der Waals surface area contributed by atoms with Gasteiger partial charge in [-0.15, -0.1) is 0 Å². The topological polar surface area (TPSA) is 35.1 Å². The summed E-state index contributed by atoms with van der Waals surface area (Å²) >= 11 is 0. The summed E-state index contributed by atoms with van der Waals surface area (Å²) in [5, 5.41) is 0. The Bertz CT molecular complexity index is 763. The summed E-state index contributed by atoms with van der Waals surface area (Å²) in [5.74, 6) is 2.63. The molecule has 3 rings (SSSR count). The minimum Gasteiger partial charge on any atom is -0.459 e. The van der Waals surface area contributed by atoms with Crippen LogP contribution in [0.3, 0.4) is 0 Å². The Labute approximate surface area is 150 Å². The standard InChI is InChI=1S/C21H31N2O2/c1-14(2)17-11-10-15(3)12-20(17)25-21(24)13-23-16(4)22(5)18-8-6-7-9-19(18)23/h6-9,14-15,17,20H,10-13H2,1-5H3/q+1. The summed E-state index contributed by atoms with van der Waals surface area (Å²) in [6, 6.07) is 8.19. The molecule has 2 aromatic rings. The number of fused-ring (bicyclic) bond motifs is 1. The van der Waals surface area contributed by atoms with E-state index in [2.05, 4.69) is 42.0 Å². The van der Waals surface area contributed by atoms with Crippen molar-refractivity contribution in [3.8, 4) is 0 Å². The number of hydrogen-bond acceptors (Lipinski definition) is 2. The highest BCUT2D eigenvalue weighted by Crippen LogP contribution is 2.35. The molecule has 1 saturated carbocycles. The van der Waals surface area contributed by atoms with Crippen molar-refractivity contribution in [1.29, 1.82) is 0 Å². The predicted molar refractivity (Wildman–Crippen MR) is 99.1 cm³/mol. The Morgan fingerprint density at radius 2 is 2.04 bits per heavy atom. The average Bonchev–Trinajstić information content (AvgIpc) is 2.80. The fourth-order valence-electron chi connectivity index (χ4n) is 4.29. The number of esters is 1. The molecule has 136 valence electrons. The summed E-state index contributed by atoms with van der Waals surface area (Å²) in [4.78, 5) is 12.7. The largest absolute Gasteiger partial charge is 0.459 e. The zero-order valence-corrected chi connectivity index (χ0v) is 16.2. The van der Waals surface area contributed by atoms with Crippen molar-refractivity contribution >= 4 is 17.0 Å². The molecule has 1 aliphatic rings. The van der Waals surface area contributed by atoms with E-state index >= 15 is 0 Å². The first-order valence-electron chi connectivity index (χ1n) is 9.51. The summed E-state index contributed by atoms with van der Waals surface area (Å²) in [5.41, 5.74) is 2.22. The number of hydrogen-bond donors (Lipinski definition) is 0. The smallest absolute Gasteiger partial charge is 0.348 e. The molecule has 3 atom stereocenters. The van der Waals surface area contributed by atoms with Crippen LogP contribution < -0.4 is 4.57 Å². The van der Waals surface area contributed by atoms with Crippen LogP contribution >= 0.6 is 0 Å². The maximum Gasteiger partial charge on any atom is 0.348 e. The van der Waals surface area contributed by atoms with Gasteiger partial charge in [-0.2, -0.15) is 0 Å². The van der Waals surface area contributed by atoms with E-state index in [4.69, 9.17) is 4.74 Å². The summed E-state index contributed by atoms with van der Waals surface area (Å²) in [6.45, 7) is 9.08. The molecular formula is C21H31N2O2+. The van der Waals surface area contributed by atoms with Crippen molar-refractivity contribution in [1.82, 2.24) is 4.57 Å². The van der Waals surface area contributed by atoms with E-state index in [1.54, 1.807) is 0 Å². The number of para-hydroxylation sites is 2. The lowest BCUT2D eigenvalue weighted by Gasteiger charge is -2.36. The van der Waals surface area contributed by atoms with E-state index in [0.717, 1.165) is 29.7 Å². The highest BCUT2D eigenvalue weighted by molar-refractivity contribution is 5.76. The van der Waals surface area contributed by atoms with E-state index in [-0.39, 0.29) is 18.6 Å². The van der Waals surface area contributed by atoms with E-state index in [0.29, 0.717) is 17.8 Å². The first-order chi connectivity index (χ1) is 11.9. The number of benzene rings is 1. The second kappa shape index (κ2) is 7.19. The third-order valence-electron chi connectivity index (χ3n) is 5.94. The molecular weight excluding hydrogens is 312 g/mol. The molecule has 4 nitrogen and oxygen atoms in total. The van der Waals surface area contributed by atoms with Gasteiger partial charge in [0.2, 0.25) is 0 Å². The van der Waals surface area contributed by atoms with Crippen LogP contribution in [0.2, 0.25) is 0 Å². The SMILES string of the molecule is Cc1n(CC(=O)OC2CC(C)CCC2C(C)C)c2ccccc2[n+]1C. The van der Waals surface area contributed by atoms with Gasteiger partial charge in [0.05, 0.1) is 7.05 Å². The third-order valence-corrected chi connectivity index (χ3v) is 5.94. The molecule has 1 fully saturated rings. The van der Waals surface area contributed by atoms with Crippen molar-refractivity contribution in [2.45, 2.75) is 59.6 Å². The number of rotatable bonds is 4. The van der Waals surface area contributed by atoms with Crippen LogP contribution in [-0.4, -0.2) is 16.6 Å². The zero-order chi connectivity index (χ0) is 18.1. The molecule has 1 aromatic heterocycles. The molecule has 0 bridgehead atoms. The quantitative estimate of drug-likeness (QED) is 0.625. The number of carbonyl (C=O) groups excluding carboxylic acids is 1. The maximum atomic E-state index is 12.7. The number of nitrogens with zero attached hydrogens (tertiary/aromatic N) is 2. The minimum absolute atomic E-state index is 0.0622. The highest BCUT2D eigenvalue weighted by Gasteiger charge is 2.34. The second-order valence-corrected chi connectivity index (χ2v) is 8.04. The first kappa shape index (κ1) is 18.0. The fourth-order valence-corrected chi connectivity index (χ4v) is 4.29. The predicted octanol–water partition coefficient (Wildman–Crippen LogP) is 3.78. The maximum absolute atomic E-state index is 12.7.